The number of hydrogen-bond acceptors (Lipinski definition) is 6. The molecule has 2 rings (SSSR count). The quantitative estimate of drug-likeness (QED) is 0.652. The molecule has 20 heavy (non-hydrogen) atoms. The number of rotatable bonds is 3. The highest BCUT2D eigenvalue weighted by Gasteiger charge is 2.23. The summed E-state index contributed by atoms with van der Waals surface area (Å²) in [6.07, 6.45) is 1.06. The number of nitrogens with zero attached hydrogens (tertiary/aromatic N) is 2. The van der Waals surface area contributed by atoms with E-state index in [0.29, 0.717) is 25.2 Å². The van der Waals surface area contributed by atoms with Gasteiger partial charge in [0.1, 0.15) is 5.82 Å². The van der Waals surface area contributed by atoms with Crippen molar-refractivity contribution in [1.29, 1.82) is 0 Å². The van der Waals surface area contributed by atoms with Gasteiger partial charge in [-0.25, -0.2) is 4.79 Å². The van der Waals surface area contributed by atoms with Crippen LogP contribution in [0.25, 0.3) is 0 Å². The molecule has 1 saturated heterocycles. The summed E-state index contributed by atoms with van der Waals surface area (Å²) < 4.78 is 7.14. The number of nitrogens with one attached hydrogen (secondary N) is 2. The van der Waals surface area contributed by atoms with Crippen LogP contribution in [0, 0.1) is 6.92 Å². The molecule has 8 heteroatoms. The fourth-order valence-electron chi connectivity index (χ4n) is 2.06. The van der Waals surface area contributed by atoms with Gasteiger partial charge in [0.05, 0.1) is 6.10 Å². The van der Waals surface area contributed by atoms with Gasteiger partial charge in [0.25, 0.3) is 0 Å². The van der Waals surface area contributed by atoms with Crippen LogP contribution in [0.2, 0.25) is 0 Å². The fraction of sp³-hybridized carbons (Fsp3) is 0.583. The van der Waals surface area contributed by atoms with E-state index in [1.165, 1.54) is 11.5 Å². The lowest BCUT2D eigenvalue weighted by Gasteiger charge is -2.31. The van der Waals surface area contributed by atoms with Crippen LogP contribution in [0.4, 0.5) is 5.82 Å². The molecule has 1 fully saturated rings. The van der Waals surface area contributed by atoms with Gasteiger partial charge < -0.3 is 21.1 Å². The summed E-state index contributed by atoms with van der Waals surface area (Å²) >= 11 is 0. The molecular weight excluding hydrogens is 262 g/mol. The predicted molar refractivity (Wildman–Crippen MR) is 73.4 cm³/mol. The lowest BCUT2D eigenvalue weighted by molar-refractivity contribution is -0.114. The maximum absolute atomic E-state index is 12.0. The average Bonchev–Trinajstić information content (AvgIpc) is 2.42. The van der Waals surface area contributed by atoms with E-state index in [-0.39, 0.29) is 17.8 Å². The van der Waals surface area contributed by atoms with Crippen molar-refractivity contribution in [2.24, 2.45) is 5.73 Å². The van der Waals surface area contributed by atoms with Crippen molar-refractivity contribution in [2.45, 2.75) is 26.2 Å². The maximum atomic E-state index is 12.0. The zero-order valence-electron chi connectivity index (χ0n) is 11.5. The van der Waals surface area contributed by atoms with E-state index in [1.807, 2.05) is 0 Å². The van der Waals surface area contributed by atoms with Crippen molar-refractivity contribution in [3.05, 3.63) is 22.2 Å². The first-order valence-electron chi connectivity index (χ1n) is 6.45. The van der Waals surface area contributed by atoms with Gasteiger partial charge in [-0.15, -0.1) is 0 Å². The predicted octanol–water partition coefficient (Wildman–Crippen LogP) is -1.04. The Hall–Kier alpha value is -1.77. The lowest BCUT2D eigenvalue weighted by Crippen LogP contribution is -2.48. The Balaban J connectivity index is 2.26. The molecule has 1 aromatic rings. The summed E-state index contributed by atoms with van der Waals surface area (Å²) in [4.78, 5) is 26.9. The van der Waals surface area contributed by atoms with Crippen molar-refractivity contribution in [3.8, 4) is 0 Å². The van der Waals surface area contributed by atoms with E-state index in [0.717, 1.165) is 0 Å². The van der Waals surface area contributed by atoms with Crippen LogP contribution in [0.5, 0.6) is 0 Å². The molecule has 1 aliphatic rings. The van der Waals surface area contributed by atoms with Crippen molar-refractivity contribution >= 4 is 11.7 Å². The Morgan fingerprint density at radius 3 is 3.05 bits per heavy atom. The molecule has 2 heterocycles. The van der Waals surface area contributed by atoms with Crippen LogP contribution in [0.3, 0.4) is 0 Å². The summed E-state index contributed by atoms with van der Waals surface area (Å²) in [7, 11) is 0. The van der Waals surface area contributed by atoms with Gasteiger partial charge in [-0.05, 0) is 6.92 Å². The SMILES string of the molecule is CC(=O)Nc1nc(=O)n(C2CNCC(CN)O2)cc1C. The number of nitrogens with two attached hydrogens (primary N) is 1. The number of amides is 1. The zero-order chi connectivity index (χ0) is 14.7. The molecule has 0 saturated carbocycles. The fourth-order valence-corrected chi connectivity index (χ4v) is 2.06. The van der Waals surface area contributed by atoms with Gasteiger partial charge in [-0.1, -0.05) is 0 Å². The minimum atomic E-state index is -0.469. The van der Waals surface area contributed by atoms with Gasteiger partial charge in [-0.2, -0.15) is 4.98 Å². The number of aromatic nitrogens is 2. The number of aryl methyl sites for hydroxylation is 1. The lowest BCUT2D eigenvalue weighted by atomic mass is 10.3. The minimum absolute atomic E-state index is 0.129. The highest BCUT2D eigenvalue weighted by molar-refractivity contribution is 5.88. The van der Waals surface area contributed by atoms with Crippen molar-refractivity contribution in [2.75, 3.05) is 25.0 Å². The number of carbonyl (C=O) groups is 1. The zero-order valence-corrected chi connectivity index (χ0v) is 11.5. The number of morpholine rings is 1. The largest absolute Gasteiger partial charge is 0.351 e. The first-order chi connectivity index (χ1) is 9.51. The van der Waals surface area contributed by atoms with E-state index in [2.05, 4.69) is 15.6 Å². The first-order valence-corrected chi connectivity index (χ1v) is 6.45. The molecule has 0 radical (unpaired) electrons. The van der Waals surface area contributed by atoms with Gasteiger partial charge in [0, 0.05) is 38.3 Å². The van der Waals surface area contributed by atoms with Crippen LogP contribution in [-0.2, 0) is 9.53 Å². The number of anilines is 1. The average molecular weight is 281 g/mol. The summed E-state index contributed by atoms with van der Waals surface area (Å²) in [5.41, 5.74) is 5.80. The van der Waals surface area contributed by atoms with Gasteiger partial charge in [-0.3, -0.25) is 9.36 Å². The standard InChI is InChI=1S/C12H19N5O3/c1-7-6-17(10-5-14-4-9(3-13)20-10)12(19)16-11(7)15-8(2)18/h6,9-10,14H,3-5,13H2,1-2H3,(H,15,16,18,19). The molecule has 0 spiro atoms. The second-order valence-electron chi connectivity index (χ2n) is 4.75. The summed E-state index contributed by atoms with van der Waals surface area (Å²) in [5.74, 6) is 0.00872. The Morgan fingerprint density at radius 2 is 2.40 bits per heavy atom. The Kier molecular flexibility index (Phi) is 4.48. The normalized spacial score (nSPS) is 22.6. The Morgan fingerprint density at radius 1 is 1.65 bits per heavy atom. The molecule has 2 atom stereocenters. The molecule has 1 amide bonds. The molecule has 4 N–H and O–H groups in total. The summed E-state index contributed by atoms with van der Waals surface area (Å²) in [6, 6.07) is 0. The first kappa shape index (κ1) is 14.6. The van der Waals surface area contributed by atoms with Crippen molar-refractivity contribution in [3.63, 3.8) is 0 Å². The molecule has 8 nitrogen and oxygen atoms in total. The second kappa shape index (κ2) is 6.12. The molecule has 2 unspecified atom stereocenters. The van der Waals surface area contributed by atoms with E-state index in [1.54, 1.807) is 13.1 Å². The monoisotopic (exact) mass is 281 g/mol. The maximum Gasteiger partial charge on any atom is 0.351 e. The smallest absolute Gasteiger partial charge is 0.351 e. The molecule has 1 aliphatic heterocycles. The number of ether oxygens (including phenoxy) is 1. The van der Waals surface area contributed by atoms with Crippen LogP contribution < -0.4 is 22.1 Å². The van der Waals surface area contributed by atoms with Crippen molar-refractivity contribution < 1.29 is 9.53 Å². The third-order valence-electron chi connectivity index (χ3n) is 3.04. The molecule has 110 valence electrons. The third-order valence-corrected chi connectivity index (χ3v) is 3.04. The van der Waals surface area contributed by atoms with Crippen LogP contribution in [0.15, 0.2) is 11.0 Å². The third kappa shape index (κ3) is 3.21. The van der Waals surface area contributed by atoms with Crippen LogP contribution in [0.1, 0.15) is 18.7 Å². The van der Waals surface area contributed by atoms with E-state index < -0.39 is 11.9 Å². The van der Waals surface area contributed by atoms with E-state index in [4.69, 9.17) is 10.5 Å². The molecular formula is C12H19N5O3. The number of hydrogen-bond donors (Lipinski definition) is 3. The molecule has 1 aromatic heterocycles. The van der Waals surface area contributed by atoms with Gasteiger partial charge in [0.2, 0.25) is 5.91 Å². The molecule has 0 bridgehead atoms. The summed E-state index contributed by atoms with van der Waals surface area (Å²) in [6.45, 7) is 4.70. The molecule has 0 aliphatic carbocycles. The topological polar surface area (TPSA) is 111 Å². The second-order valence-corrected chi connectivity index (χ2v) is 4.75. The van der Waals surface area contributed by atoms with Crippen molar-refractivity contribution in [1.82, 2.24) is 14.9 Å². The highest BCUT2D eigenvalue weighted by atomic mass is 16.5. The van der Waals surface area contributed by atoms with Crippen LogP contribution in [-0.4, -0.2) is 41.2 Å². The van der Waals surface area contributed by atoms with Gasteiger partial charge in [0.15, 0.2) is 6.23 Å². The Labute approximate surface area is 116 Å². The Bertz CT molecular complexity index is 557. The van der Waals surface area contributed by atoms with Gasteiger partial charge >= 0.3 is 5.69 Å². The van der Waals surface area contributed by atoms with Crippen LogP contribution >= 0.6 is 0 Å². The summed E-state index contributed by atoms with van der Waals surface area (Å²) in [5, 5.41) is 5.69. The van der Waals surface area contributed by atoms with E-state index in [9.17, 15) is 9.59 Å². The molecule has 0 aromatic carbocycles. The number of carbonyl (C=O) groups excluding carboxylic acids is 1. The minimum Gasteiger partial charge on any atom is -0.351 e. The highest BCUT2D eigenvalue weighted by Crippen LogP contribution is 2.15. The van der Waals surface area contributed by atoms with E-state index >= 15 is 0 Å².